The Hall–Kier alpha value is -1.74. The van der Waals surface area contributed by atoms with Crippen molar-refractivity contribution in [2.24, 2.45) is 0 Å². The van der Waals surface area contributed by atoms with Crippen molar-refractivity contribution in [3.63, 3.8) is 0 Å². The van der Waals surface area contributed by atoms with Crippen LogP contribution in [0.4, 0.5) is 18.0 Å². The number of para-hydroxylation sites is 1. The second kappa shape index (κ2) is 4.74. The maximum absolute atomic E-state index is 12.1. The normalized spacial score (nSPS) is 11.5. The Bertz CT molecular complexity index is 717. The third kappa shape index (κ3) is 2.66. The summed E-state index contributed by atoms with van der Waals surface area (Å²) in [4.78, 5) is 22.4. The van der Waals surface area contributed by atoms with Gasteiger partial charge in [-0.1, -0.05) is 12.1 Å². The Morgan fingerprint density at radius 3 is 2.53 bits per heavy atom. The van der Waals surface area contributed by atoms with E-state index in [-0.39, 0.29) is 3.95 Å². The van der Waals surface area contributed by atoms with E-state index in [1.807, 2.05) is 0 Å². The van der Waals surface area contributed by atoms with Crippen LogP contribution >= 0.6 is 23.6 Å². The smallest absolute Gasteiger partial charge is 0.269 e. The van der Waals surface area contributed by atoms with E-state index in [1.54, 1.807) is 18.2 Å². The summed E-state index contributed by atoms with van der Waals surface area (Å²) in [5, 5.41) is 1.26. The highest BCUT2D eigenvalue weighted by atomic mass is 32.1. The van der Waals surface area contributed by atoms with Crippen molar-refractivity contribution in [1.29, 1.82) is 0 Å². The van der Waals surface area contributed by atoms with Crippen molar-refractivity contribution in [1.82, 2.24) is 9.88 Å². The molecule has 1 aromatic carbocycles. The molecule has 1 heterocycles. The first kappa shape index (κ1) is 13.7. The van der Waals surface area contributed by atoms with Gasteiger partial charge in [-0.15, -0.1) is 11.3 Å². The van der Waals surface area contributed by atoms with Gasteiger partial charge in [-0.05, 0) is 24.4 Å². The highest BCUT2D eigenvalue weighted by molar-refractivity contribution is 7.73. The molecule has 0 fully saturated rings. The van der Waals surface area contributed by atoms with Crippen LogP contribution < -0.4 is 5.32 Å². The van der Waals surface area contributed by atoms with Crippen LogP contribution in [-0.2, 0) is 4.79 Å². The number of nitrogens with one attached hydrogen (secondary N) is 1. The van der Waals surface area contributed by atoms with Crippen molar-refractivity contribution < 1.29 is 22.8 Å². The fraction of sp³-hybridized carbons (Fsp3) is 0.100. The predicted molar refractivity (Wildman–Crippen MR) is 65.6 cm³/mol. The molecule has 100 valence electrons. The van der Waals surface area contributed by atoms with Crippen LogP contribution in [0.3, 0.4) is 0 Å². The van der Waals surface area contributed by atoms with E-state index in [2.05, 4.69) is 0 Å². The summed E-state index contributed by atoms with van der Waals surface area (Å²) in [6.07, 6.45) is -5.12. The highest BCUT2D eigenvalue weighted by Gasteiger charge is 2.40. The number of alkyl halides is 3. The van der Waals surface area contributed by atoms with Crippen LogP contribution in [0.1, 0.15) is 0 Å². The maximum atomic E-state index is 12.1. The minimum atomic E-state index is -5.12. The highest BCUT2D eigenvalue weighted by Crippen LogP contribution is 2.22. The van der Waals surface area contributed by atoms with Gasteiger partial charge >= 0.3 is 18.1 Å². The molecule has 0 bridgehead atoms. The third-order valence-corrected chi connectivity index (χ3v) is 3.52. The molecule has 2 amide bonds. The molecule has 0 radical (unpaired) electrons. The number of rotatable bonds is 0. The van der Waals surface area contributed by atoms with Crippen molar-refractivity contribution in [2.75, 3.05) is 0 Å². The van der Waals surface area contributed by atoms with Gasteiger partial charge in [-0.3, -0.25) is 10.1 Å². The minimum Gasteiger partial charge on any atom is -0.269 e. The summed E-state index contributed by atoms with van der Waals surface area (Å²) in [7, 11) is 0. The van der Waals surface area contributed by atoms with Gasteiger partial charge in [-0.25, -0.2) is 9.36 Å². The Morgan fingerprint density at radius 2 is 1.89 bits per heavy atom. The average molecular weight is 306 g/mol. The molecule has 0 aliphatic heterocycles. The standard InChI is InChI=1S/C10H5F3N2O2S2/c11-10(12,13)7(16)14-8(17)15-5-3-1-2-4-6(5)19-9(15)18/h1-4H,(H,14,16,17). The zero-order valence-electron chi connectivity index (χ0n) is 9.02. The zero-order valence-corrected chi connectivity index (χ0v) is 10.7. The molecule has 0 spiro atoms. The number of hydrogen-bond donors (Lipinski definition) is 1. The fourth-order valence-corrected chi connectivity index (χ4v) is 2.70. The monoisotopic (exact) mass is 306 g/mol. The van der Waals surface area contributed by atoms with Crippen molar-refractivity contribution in [3.8, 4) is 0 Å². The van der Waals surface area contributed by atoms with Crippen LogP contribution in [0.2, 0.25) is 0 Å². The molecule has 0 aliphatic rings. The van der Waals surface area contributed by atoms with Gasteiger partial charge in [0.05, 0.1) is 10.2 Å². The number of benzene rings is 1. The summed E-state index contributed by atoms with van der Waals surface area (Å²) >= 11 is 5.97. The number of hydrogen-bond acceptors (Lipinski definition) is 4. The summed E-state index contributed by atoms with van der Waals surface area (Å²) in [5.74, 6) is -2.32. The summed E-state index contributed by atoms with van der Waals surface area (Å²) in [6.45, 7) is 0. The molecule has 0 saturated heterocycles. The van der Waals surface area contributed by atoms with Crippen molar-refractivity contribution in [3.05, 3.63) is 28.2 Å². The molecule has 9 heteroatoms. The van der Waals surface area contributed by atoms with Crippen LogP contribution in [0, 0.1) is 3.95 Å². The number of imide groups is 1. The minimum absolute atomic E-state index is 0.0636. The predicted octanol–water partition coefficient (Wildman–Crippen LogP) is 3.08. The van der Waals surface area contributed by atoms with Crippen LogP contribution in [0.25, 0.3) is 10.2 Å². The Kier molecular flexibility index (Phi) is 3.42. The molecule has 19 heavy (non-hydrogen) atoms. The first-order valence-electron chi connectivity index (χ1n) is 4.84. The Balaban J connectivity index is 2.40. The number of fused-ring (bicyclic) bond motifs is 1. The number of aromatic nitrogens is 1. The molecule has 4 nitrogen and oxygen atoms in total. The molecule has 1 N–H and O–H groups in total. The second-order valence-corrected chi connectivity index (χ2v) is 5.10. The first-order chi connectivity index (χ1) is 8.80. The average Bonchev–Trinajstić information content (AvgIpc) is 2.63. The van der Waals surface area contributed by atoms with E-state index < -0.39 is 18.1 Å². The molecule has 0 saturated carbocycles. The molecule has 0 atom stereocenters. The molecule has 0 aliphatic carbocycles. The quantitative estimate of drug-likeness (QED) is 0.761. The van der Waals surface area contributed by atoms with Crippen molar-refractivity contribution in [2.45, 2.75) is 6.18 Å². The van der Waals surface area contributed by atoms with Crippen LogP contribution in [-0.4, -0.2) is 22.7 Å². The number of carbonyl (C=O) groups excluding carboxylic acids is 2. The number of nitrogens with zero attached hydrogens (tertiary/aromatic N) is 1. The van der Waals surface area contributed by atoms with Gasteiger partial charge in [-0.2, -0.15) is 13.2 Å². The maximum Gasteiger partial charge on any atom is 0.471 e. The lowest BCUT2D eigenvalue weighted by molar-refractivity contribution is -0.172. The fourth-order valence-electron chi connectivity index (χ4n) is 1.38. The Morgan fingerprint density at radius 1 is 1.26 bits per heavy atom. The lowest BCUT2D eigenvalue weighted by atomic mass is 10.3. The molecule has 0 unspecified atom stereocenters. The first-order valence-corrected chi connectivity index (χ1v) is 6.06. The number of carbonyl (C=O) groups is 2. The third-order valence-electron chi connectivity index (χ3n) is 2.17. The van der Waals surface area contributed by atoms with E-state index >= 15 is 0 Å². The summed E-state index contributed by atoms with van der Waals surface area (Å²) in [5.41, 5.74) is 0.352. The topological polar surface area (TPSA) is 51.1 Å². The van der Waals surface area contributed by atoms with Gasteiger partial charge in [0.2, 0.25) is 0 Å². The van der Waals surface area contributed by atoms with E-state index in [9.17, 15) is 22.8 Å². The van der Waals surface area contributed by atoms with E-state index in [0.717, 1.165) is 15.9 Å². The lowest BCUT2D eigenvalue weighted by Gasteiger charge is -2.07. The van der Waals surface area contributed by atoms with Gasteiger partial charge in [0.15, 0.2) is 3.95 Å². The van der Waals surface area contributed by atoms with Crippen LogP contribution in [0.15, 0.2) is 24.3 Å². The van der Waals surface area contributed by atoms with Gasteiger partial charge < -0.3 is 0 Å². The van der Waals surface area contributed by atoms with Gasteiger partial charge in [0.1, 0.15) is 0 Å². The molecule has 2 rings (SSSR count). The molecular formula is C10H5F3N2O2S2. The van der Waals surface area contributed by atoms with Gasteiger partial charge in [0, 0.05) is 0 Å². The SMILES string of the molecule is O=C(NC(=O)C(F)(F)F)n1c(=S)sc2ccccc21. The zero-order chi connectivity index (χ0) is 14.2. The second-order valence-electron chi connectivity index (χ2n) is 3.43. The van der Waals surface area contributed by atoms with Gasteiger partial charge in [0.25, 0.3) is 0 Å². The lowest BCUT2D eigenvalue weighted by Crippen LogP contribution is -2.42. The Labute approximate surface area is 113 Å². The van der Waals surface area contributed by atoms with E-state index in [0.29, 0.717) is 10.2 Å². The van der Waals surface area contributed by atoms with Crippen molar-refractivity contribution >= 4 is 45.7 Å². The van der Waals surface area contributed by atoms with Crippen LogP contribution in [0.5, 0.6) is 0 Å². The molecule has 2 aromatic rings. The van der Waals surface area contributed by atoms with E-state index in [4.69, 9.17) is 12.2 Å². The number of amides is 2. The molecule has 1 aromatic heterocycles. The van der Waals surface area contributed by atoms with E-state index in [1.165, 1.54) is 11.4 Å². The summed E-state index contributed by atoms with van der Waals surface area (Å²) < 4.78 is 37.8. The largest absolute Gasteiger partial charge is 0.471 e. The number of halogens is 3. The number of thiazole rings is 1. The molecular weight excluding hydrogens is 301 g/mol. The summed E-state index contributed by atoms with van der Waals surface area (Å²) in [6, 6.07) is 5.30.